The summed E-state index contributed by atoms with van der Waals surface area (Å²) in [6.07, 6.45) is 1.24. The first-order valence-corrected chi connectivity index (χ1v) is 9.18. The molecular formula is C17H21NO4S. The minimum absolute atomic E-state index is 0.237. The molecule has 2 aromatic carbocycles. The molecule has 6 heteroatoms. The summed E-state index contributed by atoms with van der Waals surface area (Å²) < 4.78 is 26.8. The van der Waals surface area contributed by atoms with Gasteiger partial charge in [-0.2, -0.15) is 8.42 Å². The Labute approximate surface area is 137 Å². The number of nitrogens with one attached hydrogen (secondary N) is 1. The van der Waals surface area contributed by atoms with E-state index >= 15 is 0 Å². The van der Waals surface area contributed by atoms with Crippen LogP contribution in [0.15, 0.2) is 54.6 Å². The molecule has 0 aromatic heterocycles. The second-order valence-electron chi connectivity index (χ2n) is 5.31. The molecule has 0 fully saturated rings. The Morgan fingerprint density at radius 1 is 1.09 bits per heavy atom. The maximum atomic E-state index is 11.0. The molecule has 0 aliphatic rings. The smallest absolute Gasteiger partial charge is 0.306 e. The van der Waals surface area contributed by atoms with Crippen molar-refractivity contribution in [3.63, 3.8) is 0 Å². The highest BCUT2D eigenvalue weighted by Crippen LogP contribution is 2.18. The third-order valence-electron chi connectivity index (χ3n) is 3.28. The van der Waals surface area contributed by atoms with Crippen LogP contribution in [0.1, 0.15) is 17.2 Å². The summed E-state index contributed by atoms with van der Waals surface area (Å²) in [4.78, 5) is 0. The third-order valence-corrected chi connectivity index (χ3v) is 3.78. The number of hydrogen-bond donors (Lipinski definition) is 2. The van der Waals surface area contributed by atoms with E-state index in [2.05, 4.69) is 17.4 Å². The maximum absolute atomic E-state index is 11.0. The van der Waals surface area contributed by atoms with E-state index in [4.69, 9.17) is 4.18 Å². The minimum atomic E-state index is -3.53. The first kappa shape index (κ1) is 17.5. The molecule has 124 valence electrons. The summed E-state index contributed by atoms with van der Waals surface area (Å²) in [5, 5.41) is 13.3. The highest BCUT2D eigenvalue weighted by Gasteiger charge is 2.09. The fraction of sp³-hybridized carbons (Fsp3) is 0.294. The molecular weight excluding hydrogens is 314 g/mol. The van der Waals surface area contributed by atoms with Crippen molar-refractivity contribution in [2.24, 2.45) is 0 Å². The fourth-order valence-electron chi connectivity index (χ4n) is 2.15. The zero-order valence-corrected chi connectivity index (χ0v) is 13.8. The van der Waals surface area contributed by atoms with E-state index in [1.54, 1.807) is 12.1 Å². The van der Waals surface area contributed by atoms with Gasteiger partial charge in [0.15, 0.2) is 0 Å². The van der Waals surface area contributed by atoms with Gasteiger partial charge in [0, 0.05) is 6.54 Å². The Hall–Kier alpha value is -1.89. The molecule has 2 rings (SSSR count). The molecule has 0 aliphatic heterocycles. The SMILES string of the molecule is CS(=O)(=O)Oc1ccc([C@H](O)CNCCc2ccccc2)cc1. The van der Waals surface area contributed by atoms with E-state index in [9.17, 15) is 13.5 Å². The Kier molecular flexibility index (Phi) is 6.15. The van der Waals surface area contributed by atoms with Gasteiger partial charge in [0.1, 0.15) is 5.75 Å². The molecule has 0 bridgehead atoms. The molecule has 0 aliphatic carbocycles. The zero-order valence-electron chi connectivity index (χ0n) is 13.0. The number of aliphatic hydroxyl groups excluding tert-OH is 1. The fourth-order valence-corrected chi connectivity index (χ4v) is 2.62. The summed E-state index contributed by atoms with van der Waals surface area (Å²) in [7, 11) is -3.53. The molecule has 2 N–H and O–H groups in total. The van der Waals surface area contributed by atoms with Gasteiger partial charge in [0.05, 0.1) is 12.4 Å². The third kappa shape index (κ3) is 6.40. The van der Waals surface area contributed by atoms with Crippen molar-refractivity contribution < 1.29 is 17.7 Å². The molecule has 0 spiro atoms. The van der Waals surface area contributed by atoms with Crippen LogP contribution in [0.5, 0.6) is 5.75 Å². The summed E-state index contributed by atoms with van der Waals surface area (Å²) in [5.41, 5.74) is 1.95. The average Bonchev–Trinajstić information content (AvgIpc) is 2.51. The Balaban J connectivity index is 1.78. The Bertz CT molecular complexity index is 699. The van der Waals surface area contributed by atoms with Crippen LogP contribution in [-0.2, 0) is 16.5 Å². The van der Waals surface area contributed by atoms with Gasteiger partial charge in [-0.1, -0.05) is 42.5 Å². The van der Waals surface area contributed by atoms with Crippen molar-refractivity contribution in [3.8, 4) is 5.75 Å². The molecule has 0 unspecified atom stereocenters. The van der Waals surface area contributed by atoms with E-state index in [1.165, 1.54) is 17.7 Å². The van der Waals surface area contributed by atoms with Crippen molar-refractivity contribution in [1.29, 1.82) is 0 Å². The van der Waals surface area contributed by atoms with Crippen molar-refractivity contribution in [1.82, 2.24) is 5.32 Å². The molecule has 0 amide bonds. The average molecular weight is 335 g/mol. The van der Waals surface area contributed by atoms with Gasteiger partial charge in [-0.3, -0.25) is 0 Å². The molecule has 0 saturated carbocycles. The van der Waals surface area contributed by atoms with E-state index < -0.39 is 16.2 Å². The molecule has 2 aromatic rings. The quantitative estimate of drug-likeness (QED) is 0.569. The second-order valence-corrected chi connectivity index (χ2v) is 6.89. The van der Waals surface area contributed by atoms with Gasteiger partial charge in [-0.05, 0) is 36.2 Å². The number of benzene rings is 2. The van der Waals surface area contributed by atoms with E-state index in [0.717, 1.165) is 19.2 Å². The van der Waals surface area contributed by atoms with Crippen LogP contribution in [0, 0.1) is 0 Å². The summed E-state index contributed by atoms with van der Waals surface area (Å²) in [6.45, 7) is 1.20. The van der Waals surface area contributed by atoms with Gasteiger partial charge in [0.25, 0.3) is 0 Å². The highest BCUT2D eigenvalue weighted by atomic mass is 32.2. The van der Waals surface area contributed by atoms with Crippen LogP contribution < -0.4 is 9.50 Å². The highest BCUT2D eigenvalue weighted by molar-refractivity contribution is 7.86. The normalized spacial score (nSPS) is 12.8. The second kappa shape index (κ2) is 8.10. The molecule has 0 heterocycles. The summed E-state index contributed by atoms with van der Waals surface area (Å²) in [6, 6.07) is 16.5. The standard InChI is InChI=1S/C17H21NO4S/c1-23(20,21)22-16-9-7-15(8-10-16)17(19)13-18-12-11-14-5-3-2-4-6-14/h2-10,17-19H,11-13H2,1H3/t17-/m1/s1. The van der Waals surface area contributed by atoms with Gasteiger partial charge >= 0.3 is 10.1 Å². The molecule has 0 radical (unpaired) electrons. The molecule has 1 atom stereocenters. The number of hydrogen-bond acceptors (Lipinski definition) is 5. The monoisotopic (exact) mass is 335 g/mol. The Morgan fingerprint density at radius 2 is 1.74 bits per heavy atom. The minimum Gasteiger partial charge on any atom is -0.387 e. The first-order chi connectivity index (χ1) is 10.9. The number of aliphatic hydroxyl groups is 1. The summed E-state index contributed by atoms with van der Waals surface area (Å²) in [5.74, 6) is 0.237. The maximum Gasteiger partial charge on any atom is 0.306 e. The predicted molar refractivity (Wildman–Crippen MR) is 89.9 cm³/mol. The zero-order chi connectivity index (χ0) is 16.7. The van der Waals surface area contributed by atoms with Crippen LogP contribution >= 0.6 is 0 Å². The van der Waals surface area contributed by atoms with Crippen LogP contribution in [0.2, 0.25) is 0 Å². The van der Waals surface area contributed by atoms with Crippen LogP contribution in [0.4, 0.5) is 0 Å². The van der Waals surface area contributed by atoms with Gasteiger partial charge < -0.3 is 14.6 Å². The van der Waals surface area contributed by atoms with E-state index in [-0.39, 0.29) is 5.75 Å². The van der Waals surface area contributed by atoms with Crippen LogP contribution in [-0.4, -0.2) is 32.9 Å². The number of rotatable bonds is 8. The summed E-state index contributed by atoms with van der Waals surface area (Å²) >= 11 is 0. The lowest BCUT2D eigenvalue weighted by Crippen LogP contribution is -2.23. The largest absolute Gasteiger partial charge is 0.387 e. The van der Waals surface area contributed by atoms with Crippen LogP contribution in [0.25, 0.3) is 0 Å². The Morgan fingerprint density at radius 3 is 2.35 bits per heavy atom. The van der Waals surface area contributed by atoms with Crippen molar-refractivity contribution >= 4 is 10.1 Å². The lowest BCUT2D eigenvalue weighted by atomic mass is 10.1. The lowest BCUT2D eigenvalue weighted by molar-refractivity contribution is 0.175. The van der Waals surface area contributed by atoms with Gasteiger partial charge in [-0.25, -0.2) is 0 Å². The molecule has 23 heavy (non-hydrogen) atoms. The van der Waals surface area contributed by atoms with E-state index in [1.807, 2.05) is 18.2 Å². The first-order valence-electron chi connectivity index (χ1n) is 7.36. The molecule has 5 nitrogen and oxygen atoms in total. The van der Waals surface area contributed by atoms with Gasteiger partial charge in [0.2, 0.25) is 0 Å². The molecule has 0 saturated heterocycles. The topological polar surface area (TPSA) is 75.6 Å². The lowest BCUT2D eigenvalue weighted by Gasteiger charge is -2.13. The van der Waals surface area contributed by atoms with Crippen LogP contribution in [0.3, 0.4) is 0 Å². The van der Waals surface area contributed by atoms with Crippen molar-refractivity contribution in [2.45, 2.75) is 12.5 Å². The predicted octanol–water partition coefficient (Wildman–Crippen LogP) is 1.89. The van der Waals surface area contributed by atoms with Gasteiger partial charge in [-0.15, -0.1) is 0 Å². The van der Waals surface area contributed by atoms with Crippen molar-refractivity contribution in [3.05, 3.63) is 65.7 Å². The van der Waals surface area contributed by atoms with Crippen molar-refractivity contribution in [2.75, 3.05) is 19.3 Å². The van der Waals surface area contributed by atoms with E-state index in [0.29, 0.717) is 12.1 Å².